The number of anilines is 2. The first-order valence-electron chi connectivity index (χ1n) is 9.20. The summed E-state index contributed by atoms with van der Waals surface area (Å²) in [7, 11) is 0. The molecule has 0 radical (unpaired) electrons. The zero-order chi connectivity index (χ0) is 19.2. The second-order valence-corrected chi connectivity index (χ2v) is 6.60. The maximum absolute atomic E-state index is 8.79. The Kier molecular flexibility index (Phi) is 5.45. The number of nitriles is 1. The van der Waals surface area contributed by atoms with Gasteiger partial charge < -0.3 is 19.9 Å². The van der Waals surface area contributed by atoms with Crippen LogP contribution in [0.3, 0.4) is 0 Å². The molecule has 3 heterocycles. The number of benzene rings is 1. The summed E-state index contributed by atoms with van der Waals surface area (Å²) in [5, 5.41) is 19.2. The molecule has 0 saturated carbocycles. The number of nitrogens with one attached hydrogen (secondary N) is 2. The molecule has 3 aromatic rings. The predicted molar refractivity (Wildman–Crippen MR) is 103 cm³/mol. The summed E-state index contributed by atoms with van der Waals surface area (Å²) < 4.78 is 11.6. The minimum atomic E-state index is 0.256. The lowest BCUT2D eigenvalue weighted by atomic mass is 9.99. The second-order valence-electron chi connectivity index (χ2n) is 6.60. The van der Waals surface area contributed by atoms with Gasteiger partial charge in [-0.25, -0.2) is 9.97 Å². The molecule has 28 heavy (non-hydrogen) atoms. The minimum Gasteiger partial charge on any atom is -0.493 e. The molecule has 142 valence electrons. The Morgan fingerprint density at radius 3 is 2.82 bits per heavy atom. The van der Waals surface area contributed by atoms with E-state index < -0.39 is 0 Å². The first kappa shape index (κ1) is 17.9. The van der Waals surface area contributed by atoms with E-state index in [1.807, 2.05) is 30.3 Å². The van der Waals surface area contributed by atoms with E-state index in [4.69, 9.17) is 14.5 Å². The van der Waals surface area contributed by atoms with E-state index in [9.17, 15) is 0 Å². The van der Waals surface area contributed by atoms with Crippen LogP contribution in [0.15, 0.2) is 47.2 Å². The number of hydrogen-bond donors (Lipinski definition) is 2. The van der Waals surface area contributed by atoms with Crippen LogP contribution in [-0.2, 0) is 0 Å². The molecule has 1 fully saturated rings. The molecule has 1 aromatic carbocycles. The third kappa shape index (κ3) is 4.27. The van der Waals surface area contributed by atoms with Crippen molar-refractivity contribution in [1.82, 2.24) is 20.4 Å². The molecule has 1 aliphatic rings. The fourth-order valence-corrected chi connectivity index (χ4v) is 3.09. The van der Waals surface area contributed by atoms with Crippen molar-refractivity contribution in [3.63, 3.8) is 0 Å². The highest BCUT2D eigenvalue weighted by atomic mass is 16.5. The third-order valence-corrected chi connectivity index (χ3v) is 4.62. The quantitative estimate of drug-likeness (QED) is 0.675. The van der Waals surface area contributed by atoms with Crippen molar-refractivity contribution in [3.8, 4) is 23.1 Å². The zero-order valence-electron chi connectivity index (χ0n) is 15.3. The zero-order valence-corrected chi connectivity index (χ0v) is 15.3. The van der Waals surface area contributed by atoms with Crippen LogP contribution >= 0.6 is 0 Å². The summed E-state index contributed by atoms with van der Waals surface area (Å²) in [5.74, 6) is 2.93. The van der Waals surface area contributed by atoms with Crippen LogP contribution < -0.4 is 15.4 Å². The van der Waals surface area contributed by atoms with Gasteiger partial charge in [0, 0.05) is 6.07 Å². The van der Waals surface area contributed by atoms with Crippen LogP contribution in [0.1, 0.15) is 18.5 Å². The van der Waals surface area contributed by atoms with Gasteiger partial charge in [-0.1, -0.05) is 17.3 Å². The SMILES string of the molecule is N#Cc1cnc(Nc2cc(-c3ccccc3OCC3CCNCC3)on2)cn1. The molecular formula is C20H20N6O2. The van der Waals surface area contributed by atoms with E-state index in [0.29, 0.717) is 29.9 Å². The number of rotatable bonds is 6. The molecule has 0 unspecified atom stereocenters. The maximum atomic E-state index is 8.79. The molecule has 4 rings (SSSR count). The van der Waals surface area contributed by atoms with Gasteiger partial charge in [0.15, 0.2) is 17.3 Å². The number of nitrogens with zero attached hydrogens (tertiary/aromatic N) is 4. The molecule has 0 atom stereocenters. The average Bonchev–Trinajstić information content (AvgIpc) is 3.22. The molecular weight excluding hydrogens is 356 g/mol. The first-order chi connectivity index (χ1) is 13.8. The van der Waals surface area contributed by atoms with E-state index in [1.165, 1.54) is 12.4 Å². The highest BCUT2D eigenvalue weighted by Gasteiger charge is 2.16. The van der Waals surface area contributed by atoms with Crippen LogP contribution in [0.5, 0.6) is 5.75 Å². The van der Waals surface area contributed by atoms with Gasteiger partial charge in [0.05, 0.1) is 24.6 Å². The molecule has 1 aliphatic heterocycles. The van der Waals surface area contributed by atoms with Gasteiger partial charge >= 0.3 is 0 Å². The van der Waals surface area contributed by atoms with E-state index in [0.717, 1.165) is 37.2 Å². The molecule has 0 bridgehead atoms. The molecule has 8 nitrogen and oxygen atoms in total. The summed E-state index contributed by atoms with van der Waals surface area (Å²) in [4.78, 5) is 8.09. The summed E-state index contributed by atoms with van der Waals surface area (Å²) in [6, 6.07) is 11.5. The van der Waals surface area contributed by atoms with Gasteiger partial charge in [-0.15, -0.1) is 0 Å². The Labute approximate surface area is 162 Å². The summed E-state index contributed by atoms with van der Waals surface area (Å²) in [6.45, 7) is 2.79. The number of piperidine rings is 1. The maximum Gasteiger partial charge on any atom is 0.175 e. The van der Waals surface area contributed by atoms with Gasteiger partial charge in [0.2, 0.25) is 0 Å². The second kappa shape index (κ2) is 8.50. The minimum absolute atomic E-state index is 0.256. The molecule has 0 spiro atoms. The largest absolute Gasteiger partial charge is 0.493 e. The van der Waals surface area contributed by atoms with Gasteiger partial charge in [0.25, 0.3) is 0 Å². The Bertz CT molecular complexity index is 957. The number of para-hydroxylation sites is 1. The standard InChI is InChI=1S/C20H20N6O2/c21-10-15-11-24-20(12-23-15)25-19-9-18(28-26-19)16-3-1-2-4-17(16)27-13-14-5-7-22-8-6-14/h1-4,9,11-12,14,22H,5-8,13H2,(H,24,25,26). The molecule has 0 amide bonds. The van der Waals surface area contributed by atoms with Gasteiger partial charge in [0.1, 0.15) is 17.6 Å². The van der Waals surface area contributed by atoms with Crippen LogP contribution in [0, 0.1) is 17.2 Å². The summed E-state index contributed by atoms with van der Waals surface area (Å²) >= 11 is 0. The fourth-order valence-electron chi connectivity index (χ4n) is 3.09. The lowest BCUT2D eigenvalue weighted by Gasteiger charge is -2.23. The first-order valence-corrected chi connectivity index (χ1v) is 9.20. The van der Waals surface area contributed by atoms with E-state index in [-0.39, 0.29) is 5.69 Å². The van der Waals surface area contributed by atoms with Crippen molar-refractivity contribution >= 4 is 11.6 Å². The Morgan fingerprint density at radius 1 is 1.18 bits per heavy atom. The van der Waals surface area contributed by atoms with Crippen molar-refractivity contribution < 1.29 is 9.26 Å². The van der Waals surface area contributed by atoms with Crippen molar-refractivity contribution in [2.24, 2.45) is 5.92 Å². The van der Waals surface area contributed by atoms with E-state index in [2.05, 4.69) is 25.8 Å². The topological polar surface area (TPSA) is 109 Å². The van der Waals surface area contributed by atoms with Crippen LogP contribution in [0.25, 0.3) is 11.3 Å². The van der Waals surface area contributed by atoms with Gasteiger partial charge in [-0.3, -0.25) is 0 Å². The van der Waals surface area contributed by atoms with Crippen molar-refractivity contribution in [3.05, 3.63) is 48.4 Å². The Balaban J connectivity index is 1.46. The summed E-state index contributed by atoms with van der Waals surface area (Å²) in [5.41, 5.74) is 1.11. The number of hydrogen-bond acceptors (Lipinski definition) is 8. The Morgan fingerprint density at radius 2 is 2.04 bits per heavy atom. The normalized spacial score (nSPS) is 14.4. The number of aromatic nitrogens is 3. The lowest BCUT2D eigenvalue weighted by Crippen LogP contribution is -2.30. The van der Waals surface area contributed by atoms with Crippen molar-refractivity contribution in [2.45, 2.75) is 12.8 Å². The van der Waals surface area contributed by atoms with Crippen LogP contribution in [-0.4, -0.2) is 34.8 Å². The average molecular weight is 376 g/mol. The van der Waals surface area contributed by atoms with Crippen LogP contribution in [0.2, 0.25) is 0 Å². The predicted octanol–water partition coefficient (Wildman–Crippen LogP) is 3.13. The van der Waals surface area contributed by atoms with Gasteiger partial charge in [-0.05, 0) is 44.0 Å². The lowest BCUT2D eigenvalue weighted by molar-refractivity contribution is 0.215. The smallest absolute Gasteiger partial charge is 0.175 e. The van der Waals surface area contributed by atoms with E-state index in [1.54, 1.807) is 6.07 Å². The highest BCUT2D eigenvalue weighted by molar-refractivity contribution is 5.68. The molecule has 2 N–H and O–H groups in total. The Hall–Kier alpha value is -3.44. The van der Waals surface area contributed by atoms with Crippen molar-refractivity contribution in [2.75, 3.05) is 25.0 Å². The van der Waals surface area contributed by atoms with Crippen molar-refractivity contribution in [1.29, 1.82) is 5.26 Å². The van der Waals surface area contributed by atoms with E-state index >= 15 is 0 Å². The summed E-state index contributed by atoms with van der Waals surface area (Å²) in [6.07, 6.45) is 5.13. The van der Waals surface area contributed by atoms with Crippen LogP contribution in [0.4, 0.5) is 11.6 Å². The molecule has 1 saturated heterocycles. The monoisotopic (exact) mass is 376 g/mol. The molecule has 8 heteroatoms. The molecule has 2 aromatic heterocycles. The number of ether oxygens (including phenoxy) is 1. The highest BCUT2D eigenvalue weighted by Crippen LogP contribution is 2.32. The van der Waals surface area contributed by atoms with Gasteiger partial charge in [-0.2, -0.15) is 5.26 Å². The molecule has 0 aliphatic carbocycles. The fraction of sp³-hybridized carbons (Fsp3) is 0.300. The third-order valence-electron chi connectivity index (χ3n) is 4.62.